The zero-order valence-corrected chi connectivity index (χ0v) is 9.56. The average Bonchev–Trinajstić information content (AvgIpc) is 2.61. The van der Waals surface area contributed by atoms with Crippen LogP contribution in [0, 0.1) is 6.92 Å². The second-order valence-corrected chi connectivity index (χ2v) is 4.44. The van der Waals surface area contributed by atoms with E-state index in [1.54, 1.807) is 19.1 Å². The molecule has 0 saturated heterocycles. The van der Waals surface area contributed by atoms with Crippen molar-refractivity contribution in [3.63, 3.8) is 0 Å². The summed E-state index contributed by atoms with van der Waals surface area (Å²) in [6.07, 6.45) is 1.70. The number of aliphatic carboxylic acids is 1. The van der Waals surface area contributed by atoms with Crippen LogP contribution in [0.2, 0.25) is 0 Å². The molecular formula is C13H14O4. The summed E-state index contributed by atoms with van der Waals surface area (Å²) < 4.78 is 0. The molecule has 0 radical (unpaired) electrons. The average molecular weight is 234 g/mol. The van der Waals surface area contributed by atoms with Crippen molar-refractivity contribution in [2.75, 3.05) is 0 Å². The number of hydrogen-bond acceptors (Lipinski definition) is 2. The van der Waals surface area contributed by atoms with Gasteiger partial charge in [-0.3, -0.25) is 4.79 Å². The Balaban J connectivity index is 2.40. The highest BCUT2D eigenvalue weighted by atomic mass is 16.4. The normalized spacial score (nSPS) is 17.8. The molecule has 1 atom stereocenters. The molecule has 0 unspecified atom stereocenters. The molecule has 17 heavy (non-hydrogen) atoms. The summed E-state index contributed by atoms with van der Waals surface area (Å²) in [5.41, 5.74) is 3.13. The molecule has 4 heteroatoms. The van der Waals surface area contributed by atoms with Gasteiger partial charge in [0.25, 0.3) is 0 Å². The fourth-order valence-corrected chi connectivity index (χ4v) is 2.62. The lowest BCUT2D eigenvalue weighted by atomic mass is 9.94. The highest BCUT2D eigenvalue weighted by Crippen LogP contribution is 2.38. The minimum atomic E-state index is -0.924. The molecule has 0 aromatic heterocycles. The molecule has 2 rings (SSSR count). The summed E-state index contributed by atoms with van der Waals surface area (Å²) in [4.78, 5) is 21.7. The van der Waals surface area contributed by atoms with E-state index in [2.05, 4.69) is 0 Å². The van der Waals surface area contributed by atoms with Gasteiger partial charge in [0.15, 0.2) is 0 Å². The number of benzene rings is 1. The van der Waals surface area contributed by atoms with Gasteiger partial charge >= 0.3 is 11.9 Å². The third-order valence-electron chi connectivity index (χ3n) is 3.47. The van der Waals surface area contributed by atoms with Gasteiger partial charge < -0.3 is 10.2 Å². The maximum Gasteiger partial charge on any atom is 0.335 e. The van der Waals surface area contributed by atoms with Crippen LogP contribution < -0.4 is 0 Å². The molecule has 4 nitrogen and oxygen atoms in total. The molecule has 90 valence electrons. The summed E-state index contributed by atoms with van der Waals surface area (Å²) in [5.74, 6) is -1.70. The number of carboxylic acids is 2. The Morgan fingerprint density at radius 3 is 2.65 bits per heavy atom. The van der Waals surface area contributed by atoms with E-state index >= 15 is 0 Å². The van der Waals surface area contributed by atoms with Crippen LogP contribution in [0.25, 0.3) is 0 Å². The van der Waals surface area contributed by atoms with Crippen molar-refractivity contribution in [1.29, 1.82) is 0 Å². The van der Waals surface area contributed by atoms with Gasteiger partial charge in [0.1, 0.15) is 0 Å². The third-order valence-corrected chi connectivity index (χ3v) is 3.47. The third kappa shape index (κ3) is 2.02. The largest absolute Gasteiger partial charge is 0.481 e. The zero-order valence-electron chi connectivity index (χ0n) is 9.56. The van der Waals surface area contributed by atoms with Crippen molar-refractivity contribution in [2.24, 2.45) is 0 Å². The lowest BCUT2D eigenvalue weighted by Gasteiger charge is -2.11. The van der Waals surface area contributed by atoms with Crippen molar-refractivity contribution in [3.05, 3.63) is 34.4 Å². The fourth-order valence-electron chi connectivity index (χ4n) is 2.62. The van der Waals surface area contributed by atoms with E-state index in [0.717, 1.165) is 29.5 Å². The Kier molecular flexibility index (Phi) is 2.88. The minimum Gasteiger partial charge on any atom is -0.481 e. The maximum absolute atomic E-state index is 11.0. The van der Waals surface area contributed by atoms with E-state index in [-0.39, 0.29) is 12.3 Å². The van der Waals surface area contributed by atoms with Gasteiger partial charge in [-0.1, -0.05) is 6.07 Å². The molecule has 0 fully saturated rings. The van der Waals surface area contributed by atoms with Gasteiger partial charge in [-0.25, -0.2) is 4.79 Å². The first-order valence-corrected chi connectivity index (χ1v) is 5.58. The van der Waals surface area contributed by atoms with Gasteiger partial charge in [-0.15, -0.1) is 0 Å². The van der Waals surface area contributed by atoms with Crippen LogP contribution in [0.1, 0.15) is 45.8 Å². The molecule has 0 spiro atoms. The minimum absolute atomic E-state index is 0.0315. The van der Waals surface area contributed by atoms with Gasteiger partial charge in [-0.2, -0.15) is 0 Å². The van der Waals surface area contributed by atoms with E-state index in [4.69, 9.17) is 10.2 Å². The number of carbonyl (C=O) groups is 2. The number of carboxylic acid groups (broad SMARTS) is 2. The molecule has 0 amide bonds. The van der Waals surface area contributed by atoms with Crippen LogP contribution in [0.3, 0.4) is 0 Å². The zero-order chi connectivity index (χ0) is 12.6. The predicted molar refractivity (Wildman–Crippen MR) is 61.5 cm³/mol. The number of fused-ring (bicyclic) bond motifs is 1. The van der Waals surface area contributed by atoms with Crippen molar-refractivity contribution >= 4 is 11.9 Å². The van der Waals surface area contributed by atoms with Crippen LogP contribution in [0.4, 0.5) is 0 Å². The first-order chi connectivity index (χ1) is 8.00. The molecule has 2 N–H and O–H groups in total. The molecule has 0 bridgehead atoms. The van der Waals surface area contributed by atoms with E-state index in [0.29, 0.717) is 5.56 Å². The van der Waals surface area contributed by atoms with Crippen LogP contribution in [0.5, 0.6) is 0 Å². The Labute approximate surface area is 98.9 Å². The van der Waals surface area contributed by atoms with Crippen LogP contribution in [-0.4, -0.2) is 22.2 Å². The van der Waals surface area contributed by atoms with Crippen LogP contribution >= 0.6 is 0 Å². The van der Waals surface area contributed by atoms with E-state index in [1.807, 2.05) is 0 Å². The highest BCUT2D eigenvalue weighted by Gasteiger charge is 2.27. The molecule has 0 saturated carbocycles. The number of aromatic carboxylic acids is 1. The van der Waals surface area contributed by atoms with Crippen LogP contribution in [0.15, 0.2) is 12.1 Å². The SMILES string of the molecule is Cc1c(C(=O)O)ccc2c1CC[C@@H]2CC(=O)O. The maximum atomic E-state index is 11.0. The first-order valence-electron chi connectivity index (χ1n) is 5.58. The quantitative estimate of drug-likeness (QED) is 0.840. The summed E-state index contributed by atoms with van der Waals surface area (Å²) >= 11 is 0. The molecule has 1 aromatic rings. The molecular weight excluding hydrogens is 220 g/mol. The topological polar surface area (TPSA) is 74.6 Å². The van der Waals surface area contributed by atoms with E-state index in [9.17, 15) is 9.59 Å². The summed E-state index contributed by atoms with van der Waals surface area (Å²) in [5, 5.41) is 17.8. The predicted octanol–water partition coefficient (Wildman–Crippen LogP) is 2.20. The van der Waals surface area contributed by atoms with Crippen molar-refractivity contribution in [1.82, 2.24) is 0 Å². The smallest absolute Gasteiger partial charge is 0.335 e. The monoisotopic (exact) mass is 234 g/mol. The Bertz CT molecular complexity index is 490. The number of hydrogen-bond donors (Lipinski definition) is 2. The van der Waals surface area contributed by atoms with E-state index < -0.39 is 11.9 Å². The Hall–Kier alpha value is -1.84. The second kappa shape index (κ2) is 4.20. The first kappa shape index (κ1) is 11.6. The standard InChI is InChI=1S/C13H14O4/c1-7-9-3-2-8(6-12(14)15)11(9)5-4-10(7)13(16)17/h4-5,8H,2-3,6H2,1H3,(H,14,15)(H,16,17)/t8-/m1/s1. The highest BCUT2D eigenvalue weighted by molar-refractivity contribution is 5.90. The van der Waals surface area contributed by atoms with Gasteiger partial charge in [0, 0.05) is 0 Å². The lowest BCUT2D eigenvalue weighted by Crippen LogP contribution is -2.05. The number of rotatable bonds is 3. The van der Waals surface area contributed by atoms with Crippen molar-refractivity contribution in [3.8, 4) is 0 Å². The summed E-state index contributed by atoms with van der Waals surface area (Å²) in [6, 6.07) is 3.35. The Morgan fingerprint density at radius 2 is 2.06 bits per heavy atom. The van der Waals surface area contributed by atoms with Gasteiger partial charge in [0.2, 0.25) is 0 Å². The molecule has 0 aliphatic heterocycles. The Morgan fingerprint density at radius 1 is 1.35 bits per heavy atom. The van der Waals surface area contributed by atoms with E-state index in [1.165, 1.54) is 0 Å². The fraction of sp³-hybridized carbons (Fsp3) is 0.385. The van der Waals surface area contributed by atoms with Gasteiger partial charge in [0.05, 0.1) is 12.0 Å². The lowest BCUT2D eigenvalue weighted by molar-refractivity contribution is -0.137. The molecule has 0 heterocycles. The molecule has 1 aliphatic rings. The second-order valence-electron chi connectivity index (χ2n) is 4.44. The van der Waals surface area contributed by atoms with Crippen LogP contribution in [-0.2, 0) is 11.2 Å². The summed E-state index contributed by atoms with van der Waals surface area (Å²) in [7, 11) is 0. The van der Waals surface area contributed by atoms with Crippen molar-refractivity contribution < 1.29 is 19.8 Å². The van der Waals surface area contributed by atoms with Crippen molar-refractivity contribution in [2.45, 2.75) is 32.1 Å². The molecule has 1 aromatic carbocycles. The summed E-state index contributed by atoms with van der Waals surface area (Å²) in [6.45, 7) is 1.80. The van der Waals surface area contributed by atoms with Gasteiger partial charge in [-0.05, 0) is 48.4 Å². The molecule has 1 aliphatic carbocycles.